The molecule has 1 unspecified atom stereocenters. The van der Waals surface area contributed by atoms with Gasteiger partial charge in [-0.1, -0.05) is 15.9 Å². The summed E-state index contributed by atoms with van der Waals surface area (Å²) in [4.78, 5) is 10.4. The lowest BCUT2D eigenvalue weighted by Gasteiger charge is -2.16. The van der Waals surface area contributed by atoms with Gasteiger partial charge in [0, 0.05) is 4.47 Å². The van der Waals surface area contributed by atoms with E-state index in [9.17, 15) is 18.0 Å². The van der Waals surface area contributed by atoms with Gasteiger partial charge >= 0.3 is 12.1 Å². The van der Waals surface area contributed by atoms with E-state index in [1.54, 1.807) is 12.1 Å². The van der Waals surface area contributed by atoms with Crippen LogP contribution in [0.25, 0.3) is 0 Å². The maximum atomic E-state index is 12.3. The number of hydrogen-bond acceptors (Lipinski definition) is 2. The second-order valence-corrected chi connectivity index (χ2v) is 4.11. The van der Waals surface area contributed by atoms with Crippen molar-refractivity contribution < 1.29 is 27.8 Å². The van der Waals surface area contributed by atoms with E-state index in [-0.39, 0.29) is 5.75 Å². The zero-order chi connectivity index (χ0) is 13.1. The first kappa shape index (κ1) is 13.8. The highest BCUT2D eigenvalue weighted by Gasteiger charge is 2.45. The number of aliphatic carboxylic acids is 1. The molecule has 0 aliphatic rings. The second-order valence-electron chi connectivity index (χ2n) is 3.20. The molecule has 1 atom stereocenters. The molecule has 0 bridgehead atoms. The van der Waals surface area contributed by atoms with Crippen molar-refractivity contribution in [1.29, 1.82) is 0 Å². The summed E-state index contributed by atoms with van der Waals surface area (Å²) in [5, 5.41) is 8.42. The molecule has 7 heteroatoms. The Kier molecular flexibility index (Phi) is 4.39. The van der Waals surface area contributed by atoms with E-state index in [1.807, 2.05) is 0 Å². The highest BCUT2D eigenvalue weighted by atomic mass is 79.9. The lowest BCUT2D eigenvalue weighted by atomic mass is 10.1. The molecule has 0 aromatic heterocycles. The van der Waals surface area contributed by atoms with Gasteiger partial charge in [0.15, 0.2) is 5.92 Å². The summed E-state index contributed by atoms with van der Waals surface area (Å²) in [7, 11) is 0. The SMILES string of the molecule is O=C(O)C(COc1ccc(Br)cc1)C(F)(F)F. The molecule has 1 aromatic carbocycles. The molecule has 3 nitrogen and oxygen atoms in total. The Morgan fingerprint density at radius 2 is 1.88 bits per heavy atom. The standard InChI is InChI=1S/C10H8BrF3O3/c11-6-1-3-7(4-2-6)17-5-8(9(15)16)10(12,13)14/h1-4,8H,5H2,(H,15,16). The normalized spacial score (nSPS) is 13.2. The quantitative estimate of drug-likeness (QED) is 0.929. The third-order valence-electron chi connectivity index (χ3n) is 1.92. The molecule has 0 spiro atoms. The molecular weight excluding hydrogens is 305 g/mol. The topological polar surface area (TPSA) is 46.5 Å². The fourth-order valence-electron chi connectivity index (χ4n) is 1.02. The van der Waals surface area contributed by atoms with Crippen molar-refractivity contribution in [2.45, 2.75) is 6.18 Å². The van der Waals surface area contributed by atoms with Gasteiger partial charge in [0.2, 0.25) is 0 Å². The van der Waals surface area contributed by atoms with Crippen LogP contribution in [0.3, 0.4) is 0 Å². The van der Waals surface area contributed by atoms with Crippen molar-refractivity contribution >= 4 is 21.9 Å². The van der Waals surface area contributed by atoms with Crippen LogP contribution >= 0.6 is 15.9 Å². The average molecular weight is 313 g/mol. The van der Waals surface area contributed by atoms with Crippen molar-refractivity contribution in [2.75, 3.05) is 6.61 Å². The number of rotatable bonds is 4. The fourth-order valence-corrected chi connectivity index (χ4v) is 1.28. The Morgan fingerprint density at radius 1 is 1.35 bits per heavy atom. The molecule has 1 aromatic rings. The van der Waals surface area contributed by atoms with Crippen molar-refractivity contribution in [3.8, 4) is 5.75 Å². The van der Waals surface area contributed by atoms with Crippen LogP contribution in [0.4, 0.5) is 13.2 Å². The number of carboxylic acids is 1. The van der Waals surface area contributed by atoms with Gasteiger partial charge < -0.3 is 9.84 Å². The first-order valence-corrected chi connectivity index (χ1v) is 5.28. The predicted octanol–water partition coefficient (Wildman–Crippen LogP) is 3.09. The van der Waals surface area contributed by atoms with Gasteiger partial charge in [-0.15, -0.1) is 0 Å². The number of benzene rings is 1. The van der Waals surface area contributed by atoms with E-state index in [1.165, 1.54) is 12.1 Å². The summed E-state index contributed by atoms with van der Waals surface area (Å²) in [5.41, 5.74) is 0. The van der Waals surface area contributed by atoms with Gasteiger partial charge in [0.1, 0.15) is 12.4 Å². The van der Waals surface area contributed by atoms with Gasteiger partial charge in [0.25, 0.3) is 0 Å². The summed E-state index contributed by atoms with van der Waals surface area (Å²) in [6.45, 7) is -0.944. The largest absolute Gasteiger partial charge is 0.492 e. The molecule has 0 saturated carbocycles. The highest BCUT2D eigenvalue weighted by molar-refractivity contribution is 9.10. The molecule has 0 amide bonds. The van der Waals surface area contributed by atoms with E-state index < -0.39 is 24.7 Å². The van der Waals surface area contributed by atoms with Gasteiger partial charge in [-0.25, -0.2) is 0 Å². The van der Waals surface area contributed by atoms with E-state index in [4.69, 9.17) is 9.84 Å². The summed E-state index contributed by atoms with van der Waals surface area (Å²) < 4.78 is 42.3. The van der Waals surface area contributed by atoms with Crippen LogP contribution in [0.5, 0.6) is 5.75 Å². The molecule has 0 saturated heterocycles. The first-order valence-electron chi connectivity index (χ1n) is 4.48. The molecule has 94 valence electrons. The van der Waals surface area contributed by atoms with E-state index >= 15 is 0 Å². The zero-order valence-corrected chi connectivity index (χ0v) is 9.96. The summed E-state index contributed by atoms with van der Waals surface area (Å²) in [6, 6.07) is 6.05. The smallest absolute Gasteiger partial charge is 0.405 e. The monoisotopic (exact) mass is 312 g/mol. The highest BCUT2D eigenvalue weighted by Crippen LogP contribution is 2.27. The summed E-state index contributed by atoms with van der Waals surface area (Å²) in [5.74, 6) is -4.29. The summed E-state index contributed by atoms with van der Waals surface area (Å²) in [6.07, 6.45) is -4.82. The van der Waals surface area contributed by atoms with Crippen LogP contribution < -0.4 is 4.74 Å². The van der Waals surface area contributed by atoms with E-state index in [0.29, 0.717) is 0 Å². The van der Waals surface area contributed by atoms with Crippen LogP contribution in [0.1, 0.15) is 0 Å². The van der Waals surface area contributed by atoms with Crippen LogP contribution in [-0.2, 0) is 4.79 Å². The second kappa shape index (κ2) is 5.39. The van der Waals surface area contributed by atoms with Crippen molar-refractivity contribution in [1.82, 2.24) is 0 Å². The molecule has 0 heterocycles. The first-order chi connectivity index (χ1) is 7.80. The molecule has 0 aliphatic heterocycles. The Balaban J connectivity index is 2.65. The predicted molar refractivity (Wildman–Crippen MR) is 56.8 cm³/mol. The van der Waals surface area contributed by atoms with Crippen LogP contribution in [0.2, 0.25) is 0 Å². The fraction of sp³-hybridized carbons (Fsp3) is 0.300. The molecule has 0 fully saturated rings. The lowest BCUT2D eigenvalue weighted by molar-refractivity contribution is -0.198. The molecule has 0 radical (unpaired) electrons. The summed E-state index contributed by atoms with van der Waals surface area (Å²) >= 11 is 3.15. The minimum atomic E-state index is -4.82. The maximum Gasteiger partial charge on any atom is 0.405 e. The molecule has 1 N–H and O–H groups in total. The number of alkyl halides is 3. The number of ether oxygens (including phenoxy) is 1. The zero-order valence-electron chi connectivity index (χ0n) is 8.37. The van der Waals surface area contributed by atoms with Gasteiger partial charge in [-0.2, -0.15) is 13.2 Å². The minimum Gasteiger partial charge on any atom is -0.492 e. The van der Waals surface area contributed by atoms with Crippen LogP contribution in [0, 0.1) is 5.92 Å². The minimum absolute atomic E-state index is 0.184. The Labute approximate surface area is 103 Å². The molecule has 0 aliphatic carbocycles. The Morgan fingerprint density at radius 3 is 2.29 bits per heavy atom. The van der Waals surface area contributed by atoms with Crippen molar-refractivity contribution in [2.24, 2.45) is 5.92 Å². The number of carbonyl (C=O) groups is 1. The molecule has 1 rings (SSSR count). The number of hydrogen-bond donors (Lipinski definition) is 1. The Bertz CT molecular complexity index is 389. The van der Waals surface area contributed by atoms with Crippen LogP contribution in [-0.4, -0.2) is 23.9 Å². The third-order valence-corrected chi connectivity index (χ3v) is 2.45. The van der Waals surface area contributed by atoms with Gasteiger partial charge in [-0.05, 0) is 24.3 Å². The van der Waals surface area contributed by atoms with Crippen molar-refractivity contribution in [3.05, 3.63) is 28.7 Å². The number of carboxylic acid groups (broad SMARTS) is 1. The van der Waals surface area contributed by atoms with E-state index in [0.717, 1.165) is 4.47 Å². The van der Waals surface area contributed by atoms with Crippen LogP contribution in [0.15, 0.2) is 28.7 Å². The van der Waals surface area contributed by atoms with Gasteiger partial charge in [-0.3, -0.25) is 4.79 Å². The Hall–Kier alpha value is -1.24. The van der Waals surface area contributed by atoms with E-state index in [2.05, 4.69) is 15.9 Å². The average Bonchev–Trinajstić information content (AvgIpc) is 2.18. The maximum absolute atomic E-state index is 12.3. The molecule has 17 heavy (non-hydrogen) atoms. The van der Waals surface area contributed by atoms with Crippen molar-refractivity contribution in [3.63, 3.8) is 0 Å². The van der Waals surface area contributed by atoms with Gasteiger partial charge in [0.05, 0.1) is 0 Å². The molecular formula is C10H8BrF3O3. The number of halogens is 4. The third kappa shape index (κ3) is 4.26. The lowest BCUT2D eigenvalue weighted by Crippen LogP contribution is -2.35.